The van der Waals surface area contributed by atoms with E-state index in [9.17, 15) is 0 Å². The van der Waals surface area contributed by atoms with Crippen molar-refractivity contribution in [1.29, 1.82) is 0 Å². The minimum Gasteiger partial charge on any atom is -0.496 e. The molecule has 0 unspecified atom stereocenters. The summed E-state index contributed by atoms with van der Waals surface area (Å²) in [5.41, 5.74) is 2.78. The van der Waals surface area contributed by atoms with E-state index in [4.69, 9.17) is 4.74 Å². The average molecular weight is 297 g/mol. The summed E-state index contributed by atoms with van der Waals surface area (Å²) in [5.74, 6) is 0.927. The molecule has 0 spiro atoms. The molecular weight excluding hydrogens is 278 g/mol. The van der Waals surface area contributed by atoms with Crippen LogP contribution >= 0.6 is 11.8 Å². The Labute approximate surface area is 130 Å². The molecule has 0 bridgehead atoms. The molecule has 0 saturated carbocycles. The Morgan fingerprint density at radius 3 is 2.52 bits per heavy atom. The smallest absolute Gasteiger partial charge is 0.132 e. The van der Waals surface area contributed by atoms with Crippen molar-refractivity contribution in [1.82, 2.24) is 5.32 Å². The number of para-hydroxylation sites is 1. The van der Waals surface area contributed by atoms with Gasteiger partial charge in [0.25, 0.3) is 0 Å². The van der Waals surface area contributed by atoms with E-state index in [1.54, 1.807) is 18.9 Å². The van der Waals surface area contributed by atoms with Crippen LogP contribution in [0.25, 0.3) is 5.57 Å². The predicted octanol–water partition coefficient (Wildman–Crippen LogP) is 4.22. The largest absolute Gasteiger partial charge is 0.496 e. The van der Waals surface area contributed by atoms with Crippen LogP contribution in [0.15, 0.2) is 64.4 Å². The van der Waals surface area contributed by atoms with E-state index in [0.29, 0.717) is 0 Å². The van der Waals surface area contributed by atoms with Crippen LogP contribution in [0, 0.1) is 0 Å². The number of hydrogen-bond acceptors (Lipinski definition) is 3. The van der Waals surface area contributed by atoms with Gasteiger partial charge in [-0.2, -0.15) is 0 Å². The van der Waals surface area contributed by atoms with Crippen LogP contribution in [0.1, 0.15) is 12.0 Å². The number of nitrogens with one attached hydrogen (secondary N) is 1. The van der Waals surface area contributed by atoms with Gasteiger partial charge in [-0.15, -0.1) is 0 Å². The molecule has 0 saturated heterocycles. The summed E-state index contributed by atoms with van der Waals surface area (Å²) in [7, 11) is 1.72. The van der Waals surface area contributed by atoms with E-state index in [0.717, 1.165) is 30.2 Å². The molecular formula is C18H19NOS. The van der Waals surface area contributed by atoms with Crippen LogP contribution in [0.4, 0.5) is 0 Å². The predicted molar refractivity (Wildman–Crippen MR) is 89.0 cm³/mol. The van der Waals surface area contributed by atoms with Crippen LogP contribution in [-0.4, -0.2) is 20.2 Å². The second-order valence-electron chi connectivity index (χ2n) is 4.93. The maximum absolute atomic E-state index is 5.46. The Kier molecular flexibility index (Phi) is 4.63. The Morgan fingerprint density at radius 2 is 1.76 bits per heavy atom. The lowest BCUT2D eigenvalue weighted by Crippen LogP contribution is -2.20. The molecule has 0 amide bonds. The van der Waals surface area contributed by atoms with E-state index < -0.39 is 0 Å². The van der Waals surface area contributed by atoms with Gasteiger partial charge in [-0.3, -0.25) is 0 Å². The maximum Gasteiger partial charge on any atom is 0.132 e. The molecule has 108 valence electrons. The van der Waals surface area contributed by atoms with Crippen molar-refractivity contribution in [2.75, 3.05) is 20.2 Å². The van der Waals surface area contributed by atoms with Crippen molar-refractivity contribution >= 4 is 17.3 Å². The molecule has 1 N–H and O–H groups in total. The SMILES string of the molecule is COc1ccccc1Sc1ccccc1C1=CCNCC1. The van der Waals surface area contributed by atoms with Crippen molar-refractivity contribution in [2.45, 2.75) is 16.2 Å². The first-order chi connectivity index (χ1) is 10.4. The van der Waals surface area contributed by atoms with Crippen LogP contribution in [0.2, 0.25) is 0 Å². The van der Waals surface area contributed by atoms with Gasteiger partial charge in [0, 0.05) is 11.4 Å². The number of benzene rings is 2. The molecule has 0 fully saturated rings. The summed E-state index contributed by atoms with van der Waals surface area (Å²) in [4.78, 5) is 2.44. The first-order valence-electron chi connectivity index (χ1n) is 7.18. The van der Waals surface area contributed by atoms with Crippen LogP contribution in [0.5, 0.6) is 5.75 Å². The average Bonchev–Trinajstić information content (AvgIpc) is 2.57. The van der Waals surface area contributed by atoms with E-state index in [-0.39, 0.29) is 0 Å². The summed E-state index contributed by atoms with van der Waals surface area (Å²) in [6.07, 6.45) is 3.38. The topological polar surface area (TPSA) is 21.3 Å². The van der Waals surface area contributed by atoms with Gasteiger partial charge in [0.15, 0.2) is 0 Å². The fourth-order valence-corrected chi connectivity index (χ4v) is 3.60. The van der Waals surface area contributed by atoms with E-state index in [1.807, 2.05) is 12.1 Å². The Hall–Kier alpha value is -1.71. The molecule has 1 aliphatic rings. The van der Waals surface area contributed by atoms with Gasteiger partial charge in [0.1, 0.15) is 5.75 Å². The molecule has 2 nitrogen and oxygen atoms in total. The first kappa shape index (κ1) is 14.2. The van der Waals surface area contributed by atoms with Crippen molar-refractivity contribution < 1.29 is 4.74 Å². The zero-order chi connectivity index (χ0) is 14.5. The van der Waals surface area contributed by atoms with E-state index in [1.165, 1.54) is 16.0 Å². The number of ether oxygens (including phenoxy) is 1. The second-order valence-corrected chi connectivity index (χ2v) is 6.02. The second kappa shape index (κ2) is 6.83. The zero-order valence-corrected chi connectivity index (χ0v) is 13.0. The minimum atomic E-state index is 0.927. The molecule has 0 atom stereocenters. The summed E-state index contributed by atoms with van der Waals surface area (Å²) in [5, 5.41) is 3.37. The van der Waals surface area contributed by atoms with Gasteiger partial charge >= 0.3 is 0 Å². The van der Waals surface area contributed by atoms with Gasteiger partial charge in [0.05, 0.1) is 12.0 Å². The number of rotatable bonds is 4. The highest BCUT2D eigenvalue weighted by atomic mass is 32.2. The van der Waals surface area contributed by atoms with Crippen molar-refractivity contribution in [3.8, 4) is 5.75 Å². The summed E-state index contributed by atoms with van der Waals surface area (Å²) < 4.78 is 5.46. The molecule has 1 heterocycles. The highest BCUT2D eigenvalue weighted by Crippen LogP contribution is 2.38. The van der Waals surface area contributed by atoms with E-state index in [2.05, 4.69) is 47.8 Å². The lowest BCUT2D eigenvalue weighted by Gasteiger charge is -2.17. The molecule has 3 heteroatoms. The molecule has 2 aromatic rings. The normalized spacial score (nSPS) is 14.6. The molecule has 3 rings (SSSR count). The van der Waals surface area contributed by atoms with Crippen LogP contribution in [-0.2, 0) is 0 Å². The van der Waals surface area contributed by atoms with Crippen molar-refractivity contribution in [3.63, 3.8) is 0 Å². The third-order valence-electron chi connectivity index (χ3n) is 3.59. The highest BCUT2D eigenvalue weighted by molar-refractivity contribution is 7.99. The fraction of sp³-hybridized carbons (Fsp3) is 0.222. The zero-order valence-electron chi connectivity index (χ0n) is 12.1. The third kappa shape index (κ3) is 3.31. The van der Waals surface area contributed by atoms with Gasteiger partial charge in [-0.25, -0.2) is 0 Å². The van der Waals surface area contributed by atoms with Crippen molar-refractivity contribution in [2.24, 2.45) is 0 Å². The lowest BCUT2D eigenvalue weighted by atomic mass is 10.0. The molecule has 0 aliphatic carbocycles. The fourth-order valence-electron chi connectivity index (χ4n) is 2.51. The summed E-state index contributed by atoms with van der Waals surface area (Å²) >= 11 is 1.77. The quantitative estimate of drug-likeness (QED) is 0.913. The Balaban J connectivity index is 1.94. The monoisotopic (exact) mass is 297 g/mol. The molecule has 21 heavy (non-hydrogen) atoms. The highest BCUT2D eigenvalue weighted by Gasteiger charge is 2.12. The minimum absolute atomic E-state index is 0.927. The molecule has 1 aliphatic heterocycles. The van der Waals surface area contributed by atoms with E-state index >= 15 is 0 Å². The summed E-state index contributed by atoms with van der Waals surface area (Å²) in [6, 6.07) is 16.8. The Morgan fingerprint density at radius 1 is 1.00 bits per heavy atom. The van der Waals surface area contributed by atoms with Gasteiger partial charge < -0.3 is 10.1 Å². The number of hydrogen-bond donors (Lipinski definition) is 1. The maximum atomic E-state index is 5.46. The molecule has 0 aromatic heterocycles. The standard InChI is InChI=1S/C18H19NOS/c1-20-16-7-3-5-9-18(16)21-17-8-4-2-6-15(17)14-10-12-19-13-11-14/h2-10,19H,11-13H2,1H3. The summed E-state index contributed by atoms with van der Waals surface area (Å²) in [6.45, 7) is 2.02. The number of methoxy groups -OCH3 is 1. The first-order valence-corrected chi connectivity index (χ1v) is 8.00. The lowest BCUT2D eigenvalue weighted by molar-refractivity contribution is 0.405. The third-order valence-corrected chi connectivity index (χ3v) is 4.72. The van der Waals surface area contributed by atoms with Gasteiger partial charge in [-0.1, -0.05) is 48.2 Å². The van der Waals surface area contributed by atoms with Crippen molar-refractivity contribution in [3.05, 3.63) is 60.2 Å². The molecule has 0 radical (unpaired) electrons. The Bertz CT molecular complexity index is 651. The van der Waals surface area contributed by atoms with Gasteiger partial charge in [0.2, 0.25) is 0 Å². The van der Waals surface area contributed by atoms with Crippen LogP contribution in [0.3, 0.4) is 0 Å². The van der Waals surface area contributed by atoms with Gasteiger partial charge in [-0.05, 0) is 42.3 Å². The molecule has 2 aromatic carbocycles. The van der Waals surface area contributed by atoms with Crippen LogP contribution < -0.4 is 10.1 Å².